The van der Waals surface area contributed by atoms with Gasteiger partial charge in [0.05, 0.1) is 11.5 Å². The standard InChI is InChI=1S/C29H42O8/c1-9-16(3)11-12-28(8)18(5)13-24(32)29-22(26(34-19(6)30)37-27(29)35-20(7)31)14-21(15-23(28)29)36-25(33)17(4)10-2/h9-11,18,21-24,26-27,32H,1,12-15H2,2-8H3/b16-11+,17-10+/t18-,21-,22+,23+,24+,26+,27?,28-,29-/m0/s1. The first-order valence-electron chi connectivity index (χ1n) is 13.1. The Kier molecular flexibility index (Phi) is 8.75. The third-order valence-corrected chi connectivity index (χ3v) is 9.10. The fourth-order valence-electron chi connectivity index (χ4n) is 6.78. The van der Waals surface area contributed by atoms with E-state index in [9.17, 15) is 19.5 Å². The molecule has 0 radical (unpaired) electrons. The number of allylic oxidation sites excluding steroid dienone is 4. The quantitative estimate of drug-likeness (QED) is 0.225. The lowest BCUT2D eigenvalue weighted by molar-refractivity contribution is -0.263. The summed E-state index contributed by atoms with van der Waals surface area (Å²) in [6, 6.07) is 0. The van der Waals surface area contributed by atoms with Crippen molar-refractivity contribution in [3.63, 3.8) is 0 Å². The van der Waals surface area contributed by atoms with Gasteiger partial charge in [-0.05, 0) is 63.7 Å². The van der Waals surface area contributed by atoms with Crippen molar-refractivity contribution in [2.75, 3.05) is 0 Å². The zero-order valence-electron chi connectivity index (χ0n) is 23.1. The van der Waals surface area contributed by atoms with Crippen molar-refractivity contribution in [2.45, 2.75) is 98.9 Å². The Bertz CT molecular complexity index is 982. The molecule has 206 valence electrons. The molecule has 1 heterocycles. The molecule has 0 bridgehead atoms. The van der Waals surface area contributed by atoms with E-state index in [4.69, 9.17) is 18.9 Å². The lowest BCUT2D eigenvalue weighted by Crippen LogP contribution is -2.66. The van der Waals surface area contributed by atoms with E-state index in [1.807, 2.05) is 6.92 Å². The SMILES string of the molecule is C=C/C(C)=C/C[C@]1(C)[C@H]2C[C@@H](OC(=O)/C(C)=C/C)C[C@@H]3[C@H](OC(C)=O)OC(OC(C)=O)[C@@]32[C@H](O)C[C@@H]1C. The lowest BCUT2D eigenvalue weighted by Gasteiger charge is -2.62. The molecule has 37 heavy (non-hydrogen) atoms. The Hall–Kier alpha value is -2.45. The zero-order chi connectivity index (χ0) is 27.7. The van der Waals surface area contributed by atoms with Gasteiger partial charge < -0.3 is 24.1 Å². The summed E-state index contributed by atoms with van der Waals surface area (Å²) in [7, 11) is 0. The van der Waals surface area contributed by atoms with E-state index in [2.05, 4.69) is 26.5 Å². The third-order valence-electron chi connectivity index (χ3n) is 9.10. The first-order chi connectivity index (χ1) is 17.3. The number of aliphatic hydroxyl groups is 1. The normalized spacial score (nSPS) is 39.7. The molecule has 9 atom stereocenters. The molecular weight excluding hydrogens is 476 g/mol. The van der Waals surface area contributed by atoms with Gasteiger partial charge in [0.2, 0.25) is 12.6 Å². The Morgan fingerprint density at radius 1 is 1.05 bits per heavy atom. The van der Waals surface area contributed by atoms with E-state index in [-0.39, 0.29) is 17.3 Å². The highest BCUT2D eigenvalue weighted by atomic mass is 16.8. The van der Waals surface area contributed by atoms with Gasteiger partial charge >= 0.3 is 17.9 Å². The fourth-order valence-corrected chi connectivity index (χ4v) is 6.78. The van der Waals surface area contributed by atoms with E-state index < -0.39 is 54.0 Å². The molecule has 3 aliphatic rings. The highest BCUT2D eigenvalue weighted by Gasteiger charge is 2.73. The van der Waals surface area contributed by atoms with Crippen LogP contribution in [0, 0.1) is 28.6 Å². The van der Waals surface area contributed by atoms with E-state index in [0.717, 1.165) is 5.57 Å². The van der Waals surface area contributed by atoms with Gasteiger partial charge in [-0.2, -0.15) is 0 Å². The lowest BCUT2D eigenvalue weighted by atomic mass is 9.43. The molecule has 0 aromatic carbocycles. The predicted molar refractivity (Wildman–Crippen MR) is 137 cm³/mol. The van der Waals surface area contributed by atoms with Gasteiger partial charge in [0.1, 0.15) is 6.10 Å². The number of ether oxygens (including phenoxy) is 4. The van der Waals surface area contributed by atoms with E-state index in [0.29, 0.717) is 31.3 Å². The molecular formula is C29H42O8. The Morgan fingerprint density at radius 3 is 2.27 bits per heavy atom. The number of aliphatic hydroxyl groups excluding tert-OH is 1. The molecule has 1 N–H and O–H groups in total. The number of hydrogen-bond acceptors (Lipinski definition) is 8. The Balaban J connectivity index is 2.18. The number of hydrogen-bond donors (Lipinski definition) is 1. The van der Waals surface area contributed by atoms with Gasteiger partial charge in [0.15, 0.2) is 0 Å². The molecule has 0 aromatic rings. The van der Waals surface area contributed by atoms with Crippen LogP contribution in [0.3, 0.4) is 0 Å². The summed E-state index contributed by atoms with van der Waals surface area (Å²) in [5.74, 6) is -2.24. The van der Waals surface area contributed by atoms with E-state index >= 15 is 0 Å². The van der Waals surface area contributed by atoms with Crippen molar-refractivity contribution >= 4 is 17.9 Å². The fraction of sp³-hybridized carbons (Fsp3) is 0.690. The minimum atomic E-state index is -1.11. The second-order valence-corrected chi connectivity index (χ2v) is 11.2. The van der Waals surface area contributed by atoms with E-state index in [1.165, 1.54) is 13.8 Å². The minimum Gasteiger partial charge on any atom is -0.459 e. The molecule has 2 aliphatic carbocycles. The van der Waals surface area contributed by atoms with Crippen molar-refractivity contribution in [3.05, 3.63) is 36.0 Å². The van der Waals surface area contributed by atoms with Gasteiger partial charge in [0.25, 0.3) is 0 Å². The summed E-state index contributed by atoms with van der Waals surface area (Å²) < 4.78 is 23.4. The summed E-state index contributed by atoms with van der Waals surface area (Å²) in [4.78, 5) is 37.0. The summed E-state index contributed by atoms with van der Waals surface area (Å²) in [6.45, 7) is 16.2. The van der Waals surface area contributed by atoms with Crippen molar-refractivity contribution < 1.29 is 38.4 Å². The largest absolute Gasteiger partial charge is 0.459 e. The van der Waals surface area contributed by atoms with Crippen LogP contribution >= 0.6 is 0 Å². The molecule has 0 aromatic heterocycles. The maximum Gasteiger partial charge on any atom is 0.333 e. The average Bonchev–Trinajstić information content (AvgIpc) is 3.12. The van der Waals surface area contributed by atoms with Gasteiger partial charge in [-0.25, -0.2) is 4.79 Å². The number of carbonyl (C=O) groups is 3. The summed E-state index contributed by atoms with van der Waals surface area (Å²) >= 11 is 0. The number of esters is 3. The Morgan fingerprint density at radius 2 is 1.70 bits per heavy atom. The first-order valence-corrected chi connectivity index (χ1v) is 13.1. The second kappa shape index (κ2) is 11.1. The van der Waals surface area contributed by atoms with Gasteiger partial charge in [-0.15, -0.1) is 0 Å². The predicted octanol–water partition coefficient (Wildman–Crippen LogP) is 4.62. The van der Waals surface area contributed by atoms with Crippen LogP contribution in [0.25, 0.3) is 0 Å². The van der Waals surface area contributed by atoms with Crippen molar-refractivity contribution in [1.29, 1.82) is 0 Å². The van der Waals surface area contributed by atoms with Crippen molar-refractivity contribution in [3.8, 4) is 0 Å². The molecule has 1 aliphatic heterocycles. The van der Waals surface area contributed by atoms with Crippen LogP contribution in [0.2, 0.25) is 0 Å². The first kappa shape index (κ1) is 29.1. The molecule has 3 fully saturated rings. The summed E-state index contributed by atoms with van der Waals surface area (Å²) in [6.07, 6.45) is 3.99. The van der Waals surface area contributed by atoms with Crippen LogP contribution in [0.15, 0.2) is 36.0 Å². The van der Waals surface area contributed by atoms with Crippen LogP contribution in [-0.4, -0.2) is 47.8 Å². The smallest absolute Gasteiger partial charge is 0.333 e. The maximum absolute atomic E-state index is 12.8. The van der Waals surface area contributed by atoms with Crippen LogP contribution in [0.5, 0.6) is 0 Å². The van der Waals surface area contributed by atoms with Gasteiger partial charge in [-0.3, -0.25) is 9.59 Å². The van der Waals surface area contributed by atoms with Crippen molar-refractivity contribution in [1.82, 2.24) is 0 Å². The number of carbonyl (C=O) groups excluding carboxylic acids is 3. The van der Waals surface area contributed by atoms with Crippen molar-refractivity contribution in [2.24, 2.45) is 28.6 Å². The van der Waals surface area contributed by atoms with Crippen LogP contribution < -0.4 is 0 Å². The molecule has 0 amide bonds. The highest BCUT2D eigenvalue weighted by Crippen LogP contribution is 2.68. The monoisotopic (exact) mass is 518 g/mol. The van der Waals surface area contributed by atoms with Crippen LogP contribution in [-0.2, 0) is 33.3 Å². The molecule has 1 saturated heterocycles. The summed E-state index contributed by atoms with van der Waals surface area (Å²) in [5.41, 5.74) is 0.111. The molecule has 8 heteroatoms. The number of rotatable bonds is 7. The molecule has 1 spiro atoms. The summed E-state index contributed by atoms with van der Waals surface area (Å²) in [5, 5.41) is 11.8. The minimum absolute atomic E-state index is 0.0881. The molecule has 2 saturated carbocycles. The van der Waals surface area contributed by atoms with Gasteiger partial charge in [0, 0.05) is 25.3 Å². The molecule has 1 unspecified atom stereocenters. The topological polar surface area (TPSA) is 108 Å². The molecule has 3 rings (SSSR count). The molecule has 8 nitrogen and oxygen atoms in total. The van der Waals surface area contributed by atoms with Crippen LogP contribution in [0.4, 0.5) is 0 Å². The Labute approximate surface area is 220 Å². The van der Waals surface area contributed by atoms with E-state index in [1.54, 1.807) is 26.0 Å². The van der Waals surface area contributed by atoms with Crippen LogP contribution in [0.1, 0.15) is 74.1 Å². The second-order valence-electron chi connectivity index (χ2n) is 11.2. The zero-order valence-corrected chi connectivity index (χ0v) is 23.1. The maximum atomic E-state index is 12.8. The highest BCUT2D eigenvalue weighted by molar-refractivity contribution is 5.87. The van der Waals surface area contributed by atoms with Gasteiger partial charge in [-0.1, -0.05) is 44.2 Å². The average molecular weight is 519 g/mol. The third kappa shape index (κ3) is 5.28.